The molecule has 1 amide bonds. The van der Waals surface area contributed by atoms with E-state index < -0.39 is 5.54 Å². The molecule has 2 rings (SSSR count). The Kier molecular flexibility index (Phi) is 3.72. The number of alkyl halides is 1. The first-order chi connectivity index (χ1) is 8.65. The summed E-state index contributed by atoms with van der Waals surface area (Å²) in [6.07, 6.45) is 1.47. The number of nitrogens with one attached hydrogen (secondary N) is 1. The summed E-state index contributed by atoms with van der Waals surface area (Å²) < 4.78 is 5.07. The predicted octanol–water partition coefficient (Wildman–Crippen LogP) is 3.16. The summed E-state index contributed by atoms with van der Waals surface area (Å²) in [4.78, 5) is 12.0. The topological polar surface area (TPSA) is 42.2 Å². The number of benzene rings is 1. The number of rotatable bonds is 4. The van der Waals surface area contributed by atoms with Crippen LogP contribution in [0.4, 0.5) is 0 Å². The molecular weight excluding hydrogens is 250 g/mol. The SMILES string of the molecule is CC(CCl)(NC(=O)c1ccco1)c1ccccc1. The Hall–Kier alpha value is -1.74. The molecular formula is C14H14ClNO2. The zero-order valence-electron chi connectivity index (χ0n) is 10.0. The van der Waals surface area contributed by atoms with E-state index in [1.165, 1.54) is 6.26 Å². The molecule has 0 aliphatic carbocycles. The van der Waals surface area contributed by atoms with Crippen molar-refractivity contribution in [1.82, 2.24) is 5.32 Å². The van der Waals surface area contributed by atoms with Crippen LogP contribution in [0.3, 0.4) is 0 Å². The summed E-state index contributed by atoms with van der Waals surface area (Å²) in [6.45, 7) is 1.89. The highest BCUT2D eigenvalue weighted by Crippen LogP contribution is 2.22. The molecule has 0 fully saturated rings. The average molecular weight is 264 g/mol. The van der Waals surface area contributed by atoms with E-state index in [1.807, 2.05) is 37.3 Å². The molecule has 0 aliphatic heterocycles. The van der Waals surface area contributed by atoms with Crippen LogP contribution < -0.4 is 5.32 Å². The molecule has 18 heavy (non-hydrogen) atoms. The predicted molar refractivity (Wildman–Crippen MR) is 70.7 cm³/mol. The molecule has 94 valence electrons. The normalized spacial score (nSPS) is 13.9. The fourth-order valence-electron chi connectivity index (χ4n) is 1.71. The van der Waals surface area contributed by atoms with E-state index >= 15 is 0 Å². The smallest absolute Gasteiger partial charge is 0.287 e. The van der Waals surface area contributed by atoms with Crippen LogP contribution in [-0.2, 0) is 5.54 Å². The Balaban J connectivity index is 2.21. The van der Waals surface area contributed by atoms with Crippen LogP contribution in [0.15, 0.2) is 53.1 Å². The van der Waals surface area contributed by atoms with Crippen molar-refractivity contribution < 1.29 is 9.21 Å². The van der Waals surface area contributed by atoms with Gasteiger partial charge in [-0.05, 0) is 24.6 Å². The van der Waals surface area contributed by atoms with Crippen molar-refractivity contribution in [3.63, 3.8) is 0 Å². The van der Waals surface area contributed by atoms with E-state index in [0.29, 0.717) is 0 Å². The van der Waals surface area contributed by atoms with Crippen molar-refractivity contribution in [2.24, 2.45) is 0 Å². The highest BCUT2D eigenvalue weighted by atomic mass is 35.5. The number of hydrogen-bond donors (Lipinski definition) is 1. The number of halogens is 1. The molecule has 1 aromatic heterocycles. The van der Waals surface area contributed by atoms with E-state index in [2.05, 4.69) is 5.32 Å². The van der Waals surface area contributed by atoms with Crippen LogP contribution in [-0.4, -0.2) is 11.8 Å². The molecule has 3 nitrogen and oxygen atoms in total. The van der Waals surface area contributed by atoms with E-state index in [4.69, 9.17) is 16.0 Å². The van der Waals surface area contributed by atoms with Crippen LogP contribution >= 0.6 is 11.6 Å². The number of carbonyl (C=O) groups is 1. The maximum Gasteiger partial charge on any atom is 0.287 e. The lowest BCUT2D eigenvalue weighted by Gasteiger charge is -2.28. The third kappa shape index (κ3) is 2.57. The van der Waals surface area contributed by atoms with Gasteiger partial charge < -0.3 is 9.73 Å². The van der Waals surface area contributed by atoms with Gasteiger partial charge in [-0.15, -0.1) is 11.6 Å². The minimum atomic E-state index is -0.618. The Morgan fingerprint density at radius 2 is 2.00 bits per heavy atom. The molecule has 4 heteroatoms. The lowest BCUT2D eigenvalue weighted by atomic mass is 9.94. The second-order valence-corrected chi connectivity index (χ2v) is 4.53. The second kappa shape index (κ2) is 5.27. The molecule has 2 aromatic rings. The Morgan fingerprint density at radius 1 is 1.28 bits per heavy atom. The third-order valence-corrected chi connectivity index (χ3v) is 3.35. The molecule has 0 saturated carbocycles. The highest BCUT2D eigenvalue weighted by Gasteiger charge is 2.28. The minimum absolute atomic E-state index is 0.271. The van der Waals surface area contributed by atoms with E-state index in [1.54, 1.807) is 12.1 Å². The summed E-state index contributed by atoms with van der Waals surface area (Å²) in [6, 6.07) is 12.9. The zero-order chi connectivity index (χ0) is 13.0. The van der Waals surface area contributed by atoms with Crippen molar-refractivity contribution in [2.45, 2.75) is 12.5 Å². The maximum absolute atomic E-state index is 12.0. The Labute approximate surface area is 111 Å². The van der Waals surface area contributed by atoms with Crippen LogP contribution in [0.2, 0.25) is 0 Å². The number of amides is 1. The quantitative estimate of drug-likeness (QED) is 0.861. The van der Waals surface area contributed by atoms with Gasteiger partial charge in [-0.1, -0.05) is 30.3 Å². The van der Waals surface area contributed by atoms with Gasteiger partial charge in [0.25, 0.3) is 5.91 Å². The minimum Gasteiger partial charge on any atom is -0.459 e. The summed E-state index contributed by atoms with van der Waals surface area (Å²) in [5.41, 5.74) is 0.340. The third-order valence-electron chi connectivity index (χ3n) is 2.81. The van der Waals surface area contributed by atoms with E-state index in [0.717, 1.165) is 5.56 Å². The molecule has 1 N–H and O–H groups in total. The number of carbonyl (C=O) groups excluding carboxylic acids is 1. The van der Waals surface area contributed by atoms with Gasteiger partial charge in [0, 0.05) is 5.88 Å². The monoisotopic (exact) mass is 263 g/mol. The van der Waals surface area contributed by atoms with Crippen molar-refractivity contribution in [1.29, 1.82) is 0 Å². The van der Waals surface area contributed by atoms with Gasteiger partial charge in [-0.3, -0.25) is 4.79 Å². The van der Waals surface area contributed by atoms with Crippen molar-refractivity contribution in [2.75, 3.05) is 5.88 Å². The molecule has 1 unspecified atom stereocenters. The molecule has 0 aliphatic rings. The number of furan rings is 1. The van der Waals surface area contributed by atoms with Gasteiger partial charge >= 0.3 is 0 Å². The van der Waals surface area contributed by atoms with Crippen LogP contribution in [0.25, 0.3) is 0 Å². The summed E-state index contributed by atoms with van der Waals surface area (Å²) in [5, 5.41) is 2.90. The summed E-state index contributed by atoms with van der Waals surface area (Å²) in [5.74, 6) is 0.290. The zero-order valence-corrected chi connectivity index (χ0v) is 10.8. The van der Waals surface area contributed by atoms with Gasteiger partial charge in [0.15, 0.2) is 5.76 Å². The van der Waals surface area contributed by atoms with E-state index in [-0.39, 0.29) is 17.5 Å². The number of hydrogen-bond acceptors (Lipinski definition) is 2. The maximum atomic E-state index is 12.0. The Bertz CT molecular complexity index is 510. The second-order valence-electron chi connectivity index (χ2n) is 4.26. The Morgan fingerprint density at radius 3 is 2.56 bits per heavy atom. The molecule has 0 saturated heterocycles. The van der Waals surface area contributed by atoms with Gasteiger partial charge in [0.2, 0.25) is 0 Å². The average Bonchev–Trinajstić information content (AvgIpc) is 2.93. The van der Waals surface area contributed by atoms with Crippen molar-refractivity contribution >= 4 is 17.5 Å². The lowest BCUT2D eigenvalue weighted by Crippen LogP contribution is -2.44. The molecule has 0 bridgehead atoms. The molecule has 1 atom stereocenters. The molecule has 1 heterocycles. The van der Waals surface area contributed by atoms with Gasteiger partial charge in [0.05, 0.1) is 11.8 Å². The van der Waals surface area contributed by atoms with Gasteiger partial charge in [0.1, 0.15) is 0 Å². The fraction of sp³-hybridized carbons (Fsp3) is 0.214. The molecule has 0 spiro atoms. The van der Waals surface area contributed by atoms with Crippen molar-refractivity contribution in [3.05, 3.63) is 60.1 Å². The molecule has 1 aromatic carbocycles. The largest absolute Gasteiger partial charge is 0.459 e. The summed E-state index contributed by atoms with van der Waals surface area (Å²) >= 11 is 6.00. The van der Waals surface area contributed by atoms with Crippen LogP contribution in [0.1, 0.15) is 23.0 Å². The first-order valence-corrected chi connectivity index (χ1v) is 6.17. The van der Waals surface area contributed by atoms with Crippen molar-refractivity contribution in [3.8, 4) is 0 Å². The van der Waals surface area contributed by atoms with Crippen LogP contribution in [0.5, 0.6) is 0 Å². The first-order valence-electron chi connectivity index (χ1n) is 5.63. The highest BCUT2D eigenvalue weighted by molar-refractivity contribution is 6.18. The molecule has 0 radical (unpaired) electrons. The van der Waals surface area contributed by atoms with Crippen LogP contribution in [0, 0.1) is 0 Å². The first kappa shape index (κ1) is 12.7. The van der Waals surface area contributed by atoms with Gasteiger partial charge in [-0.25, -0.2) is 0 Å². The lowest BCUT2D eigenvalue weighted by molar-refractivity contribution is 0.0884. The van der Waals surface area contributed by atoms with Gasteiger partial charge in [-0.2, -0.15) is 0 Å². The standard InChI is InChI=1S/C14H14ClNO2/c1-14(10-15,11-6-3-2-4-7-11)16-13(17)12-8-5-9-18-12/h2-9H,10H2,1H3,(H,16,17). The van der Waals surface area contributed by atoms with E-state index in [9.17, 15) is 4.79 Å². The fourth-order valence-corrected chi connectivity index (χ4v) is 1.93. The summed E-state index contributed by atoms with van der Waals surface area (Å²) in [7, 11) is 0.